The highest BCUT2D eigenvalue weighted by molar-refractivity contribution is 6.93. The van der Waals surface area contributed by atoms with Crippen molar-refractivity contribution in [2.45, 2.75) is 98.3 Å². The Kier molecular flexibility index (Phi) is 11.0. The predicted octanol–water partition coefficient (Wildman–Crippen LogP) is 8.65. The van der Waals surface area contributed by atoms with Crippen LogP contribution in [-0.4, -0.2) is 56.8 Å². The van der Waals surface area contributed by atoms with Crippen molar-refractivity contribution in [2.24, 2.45) is 15.4 Å². The largest absolute Gasteiger partial charge is 1.10 e. The van der Waals surface area contributed by atoms with Crippen LogP contribution < -0.4 is 18.0 Å². The van der Waals surface area contributed by atoms with Gasteiger partial charge in [0.2, 0.25) is 0 Å². The Balaban J connectivity index is 1.96. The Morgan fingerprint density at radius 1 is 0.674 bits per heavy atom. The second kappa shape index (κ2) is 13.9. The first-order valence-corrected chi connectivity index (χ1v) is 24.0. The number of hydrogen-bond donors (Lipinski definition) is 0. The van der Waals surface area contributed by atoms with E-state index in [0.29, 0.717) is 19.7 Å². The molecule has 0 atom stereocenters. The van der Waals surface area contributed by atoms with Gasteiger partial charge >= 0.3 is 15.1 Å². The minimum absolute atomic E-state index is 0.102. The molecule has 3 aromatic rings. The average molecular weight is 671 g/mol. The van der Waals surface area contributed by atoms with E-state index >= 15 is 0 Å². The van der Waals surface area contributed by atoms with Gasteiger partial charge in [-0.2, -0.15) is 0 Å². The molecule has 0 fully saturated rings. The van der Waals surface area contributed by atoms with Crippen molar-refractivity contribution < 1.29 is 11.4 Å². The van der Waals surface area contributed by atoms with Crippen molar-refractivity contribution in [3.8, 4) is 11.5 Å². The topological polar surface area (TPSA) is 52.4 Å². The summed E-state index contributed by atoms with van der Waals surface area (Å²) in [6.45, 7) is 30.0. The first-order valence-electron chi connectivity index (χ1n) is 16.6. The fourth-order valence-corrected chi connectivity index (χ4v) is 11.1. The highest BCUT2D eigenvalue weighted by Gasteiger charge is 2.47. The zero-order valence-electron chi connectivity index (χ0n) is 30.3. The third kappa shape index (κ3) is 8.32. The molecule has 0 aromatic heterocycles. The van der Waals surface area contributed by atoms with Crippen molar-refractivity contribution in [2.75, 3.05) is 13.1 Å². The van der Waals surface area contributed by atoms with Crippen LogP contribution in [0, 0.1) is 5.41 Å². The Bertz CT molecular complexity index is 1460. The maximum absolute atomic E-state index is 7.15. The van der Waals surface area contributed by atoms with Crippen LogP contribution in [-0.2, 0) is 10.4 Å². The molecule has 5 nitrogen and oxygen atoms in total. The summed E-state index contributed by atoms with van der Waals surface area (Å²) in [5, 5.41) is 2.73. The number of nitrogens with zero attached hydrogens (tertiary/aromatic N) is 2. The molecule has 0 saturated carbocycles. The number of aliphatic imine (C=N–C) groups is 2. The maximum Gasteiger partial charge on any atom is 1.10 e. The predicted molar refractivity (Wildman–Crippen MR) is 203 cm³/mol. The summed E-state index contributed by atoms with van der Waals surface area (Å²) in [4.78, 5) is 9.90. The normalized spacial score (nSPS) is 16.1. The van der Waals surface area contributed by atoms with Gasteiger partial charge in [-0.15, -0.1) is 0 Å². The summed E-state index contributed by atoms with van der Waals surface area (Å²) in [5.74, 6) is 1.72. The van der Waals surface area contributed by atoms with E-state index in [-0.39, 0.29) is 15.5 Å². The van der Waals surface area contributed by atoms with Gasteiger partial charge in [-0.05, 0) is 38.1 Å². The standard InChI is InChI=1S/C31H50N2O2Si2.C7H7O.Al/c1-29(2,3)36(9,10)25-17-13-15-23(27(25)34)19-32-21-31(7,8)22-33-20-24-16-14-18-26(28(24)35)37(11,12)30(4,5)6;8-6-7-4-2-1-3-5-7;/h13-20,34-35H,21-22H2,1-12H3;1-5H,6H2;/q;-1;+3/p-2. The molecule has 0 radical (unpaired) electrons. The summed E-state index contributed by atoms with van der Waals surface area (Å²) in [7, 11) is -4.08. The summed E-state index contributed by atoms with van der Waals surface area (Å²) in [6, 6.07) is 23.3. The van der Waals surface area contributed by atoms with Gasteiger partial charge in [0.25, 0.3) is 0 Å². The second-order valence-electron chi connectivity index (χ2n) is 16.6. The average Bonchev–Trinajstić information content (AvgIpc) is 2.96. The van der Waals surface area contributed by atoms with Crippen LogP contribution in [0.1, 0.15) is 72.1 Å². The SMILES string of the molecule is CC1(C)CN=Cc2cccc([Si](C)(C)C(C)(C)C)c2[O][Al]([O]Cc2ccccc2)[O]c2c(cccc2[Si](C)(C)C(C)(C)C)C=NC1. The molecule has 1 aliphatic heterocycles. The minimum atomic E-state index is -2.87. The Labute approximate surface area is 285 Å². The fraction of sp³-hybridized carbons (Fsp3) is 0.474. The molecule has 3 aromatic carbocycles. The van der Waals surface area contributed by atoms with Crippen molar-refractivity contribution in [3.63, 3.8) is 0 Å². The monoisotopic (exact) mass is 670 g/mol. The smallest absolute Gasteiger partial charge is 0.588 e. The van der Waals surface area contributed by atoms with Gasteiger partial charge in [-0.1, -0.05) is 136 Å². The van der Waals surface area contributed by atoms with Gasteiger partial charge < -0.3 is 11.4 Å². The van der Waals surface area contributed by atoms with E-state index in [1.165, 1.54) is 10.4 Å². The lowest BCUT2D eigenvalue weighted by Crippen LogP contribution is -2.52. The van der Waals surface area contributed by atoms with E-state index < -0.39 is 31.3 Å². The lowest BCUT2D eigenvalue weighted by molar-refractivity contribution is 0.192. The van der Waals surface area contributed by atoms with E-state index in [0.717, 1.165) is 28.2 Å². The van der Waals surface area contributed by atoms with E-state index in [2.05, 4.69) is 130 Å². The zero-order chi connectivity index (χ0) is 34.0. The molecule has 0 spiro atoms. The Morgan fingerprint density at radius 2 is 1.11 bits per heavy atom. The van der Waals surface area contributed by atoms with Crippen molar-refractivity contribution in [3.05, 3.63) is 83.4 Å². The van der Waals surface area contributed by atoms with Crippen LogP contribution in [0.3, 0.4) is 0 Å². The van der Waals surface area contributed by atoms with E-state index in [4.69, 9.17) is 21.4 Å². The van der Waals surface area contributed by atoms with E-state index in [9.17, 15) is 0 Å². The second-order valence-corrected chi connectivity index (χ2v) is 28.6. The molecule has 4 rings (SSSR count). The fourth-order valence-electron chi connectivity index (χ4n) is 5.22. The molecular weight excluding hydrogens is 616 g/mol. The summed E-state index contributed by atoms with van der Waals surface area (Å²) < 4.78 is 21.0. The Hall–Kier alpha value is -2.47. The highest BCUT2D eigenvalue weighted by Crippen LogP contribution is 2.40. The van der Waals surface area contributed by atoms with Crippen LogP contribution in [0.5, 0.6) is 11.5 Å². The van der Waals surface area contributed by atoms with Gasteiger partial charge in [0.05, 0.1) is 27.6 Å². The number of benzene rings is 3. The number of fused-ring (bicyclic) bond motifs is 2. The molecule has 246 valence electrons. The number of hydrogen-bond acceptors (Lipinski definition) is 5. The first kappa shape index (κ1) is 36.4. The van der Waals surface area contributed by atoms with Crippen LogP contribution in [0.4, 0.5) is 0 Å². The van der Waals surface area contributed by atoms with Gasteiger partial charge in [0.15, 0.2) is 0 Å². The molecule has 0 aliphatic carbocycles. The first-order chi connectivity index (χ1) is 21.3. The van der Waals surface area contributed by atoms with E-state index in [1.807, 2.05) is 30.6 Å². The molecule has 0 saturated heterocycles. The third-order valence-electron chi connectivity index (χ3n) is 10.3. The summed E-state index contributed by atoms with van der Waals surface area (Å²) in [6.07, 6.45) is 3.97. The van der Waals surface area contributed by atoms with Crippen LogP contribution in [0.15, 0.2) is 76.7 Å². The van der Waals surface area contributed by atoms with Gasteiger partial charge in [-0.25, -0.2) is 0 Å². The minimum Gasteiger partial charge on any atom is -0.588 e. The van der Waals surface area contributed by atoms with Crippen LogP contribution in [0.25, 0.3) is 0 Å². The van der Waals surface area contributed by atoms with Gasteiger partial charge in [0, 0.05) is 48.7 Å². The molecule has 0 unspecified atom stereocenters. The van der Waals surface area contributed by atoms with Crippen molar-refractivity contribution >= 4 is 54.1 Å². The maximum atomic E-state index is 7.15. The number of para-hydroxylation sites is 2. The molecule has 8 heteroatoms. The Morgan fingerprint density at radius 3 is 1.52 bits per heavy atom. The molecule has 0 amide bonds. The molecule has 1 aliphatic rings. The summed E-state index contributed by atoms with van der Waals surface area (Å²) in [5.41, 5.74) is 2.92. The molecule has 0 N–H and O–H groups in total. The van der Waals surface area contributed by atoms with E-state index in [1.54, 1.807) is 0 Å². The van der Waals surface area contributed by atoms with Crippen molar-refractivity contribution in [1.29, 1.82) is 0 Å². The summed E-state index contributed by atoms with van der Waals surface area (Å²) >= 11 is -2.87. The number of rotatable bonds is 5. The van der Waals surface area contributed by atoms with Crippen molar-refractivity contribution in [1.82, 2.24) is 0 Å². The van der Waals surface area contributed by atoms with Gasteiger partial charge in [-0.3, -0.25) is 9.98 Å². The van der Waals surface area contributed by atoms with Crippen LogP contribution in [0.2, 0.25) is 36.3 Å². The van der Waals surface area contributed by atoms with Gasteiger partial charge in [0.1, 0.15) is 0 Å². The molecule has 0 bridgehead atoms. The third-order valence-corrected chi connectivity index (χ3v) is 22.6. The van der Waals surface area contributed by atoms with Crippen LogP contribution >= 0.6 is 0 Å². The quantitative estimate of drug-likeness (QED) is 0.256. The molecule has 1 heterocycles. The molecular formula is C38H55AlN2O3Si2. The molecule has 46 heavy (non-hydrogen) atoms. The zero-order valence-corrected chi connectivity index (χ0v) is 33.5. The lowest BCUT2D eigenvalue weighted by Gasteiger charge is -2.40. The highest BCUT2D eigenvalue weighted by atomic mass is 28.3. The lowest BCUT2D eigenvalue weighted by atomic mass is 9.94.